The lowest BCUT2D eigenvalue weighted by atomic mass is 10.1. The molecule has 0 heterocycles. The van der Waals surface area contributed by atoms with Gasteiger partial charge < -0.3 is 14.8 Å². The minimum absolute atomic E-state index is 0.0338. The third kappa shape index (κ3) is 6.62. The molecule has 1 atom stereocenters. The number of amides is 3. The van der Waals surface area contributed by atoms with Crippen molar-refractivity contribution in [2.75, 3.05) is 13.7 Å². The fourth-order valence-corrected chi connectivity index (χ4v) is 1.93. The number of rotatable bonds is 8. The number of benzene rings is 1. The van der Waals surface area contributed by atoms with Crippen LogP contribution in [0, 0.1) is 5.92 Å². The van der Waals surface area contributed by atoms with Crippen LogP contribution in [0.4, 0.5) is 0 Å². The second kappa shape index (κ2) is 10.3. The van der Waals surface area contributed by atoms with Crippen LogP contribution in [-0.4, -0.2) is 37.5 Å². The van der Waals surface area contributed by atoms with E-state index >= 15 is 0 Å². The van der Waals surface area contributed by atoms with E-state index in [-0.39, 0.29) is 24.5 Å². The molecule has 0 aliphatic rings. The molecule has 1 aromatic rings. The Morgan fingerprint density at radius 3 is 2.35 bits per heavy atom. The predicted octanol–water partition coefficient (Wildman–Crippen LogP) is 1.41. The van der Waals surface area contributed by atoms with Crippen molar-refractivity contribution in [3.8, 4) is 11.5 Å². The minimum Gasteiger partial charge on any atom is -0.493 e. The Kier molecular flexibility index (Phi) is 8.41. The van der Waals surface area contributed by atoms with Crippen LogP contribution in [0.15, 0.2) is 18.2 Å². The topological polar surface area (TPSA) is 106 Å². The molecule has 1 rings (SSSR count). The van der Waals surface area contributed by atoms with Crippen molar-refractivity contribution in [2.24, 2.45) is 5.92 Å². The highest BCUT2D eigenvalue weighted by Gasteiger charge is 2.14. The fourth-order valence-electron chi connectivity index (χ4n) is 1.93. The molecule has 1 aromatic carbocycles. The van der Waals surface area contributed by atoms with Gasteiger partial charge in [0.1, 0.15) is 0 Å². The van der Waals surface area contributed by atoms with Gasteiger partial charge in [0, 0.05) is 11.5 Å². The first-order chi connectivity index (χ1) is 12.3. The molecule has 0 spiro atoms. The SMILES string of the molecule is CCC(C)C(=O)NCC(=O)NNC(=O)c1ccc(OC(C)C)c(OC)c1. The average molecular weight is 365 g/mol. The van der Waals surface area contributed by atoms with Crippen molar-refractivity contribution in [3.63, 3.8) is 0 Å². The maximum atomic E-state index is 12.1. The molecule has 0 aliphatic heterocycles. The van der Waals surface area contributed by atoms with Gasteiger partial charge in [-0.15, -0.1) is 0 Å². The van der Waals surface area contributed by atoms with Gasteiger partial charge in [0.05, 0.1) is 19.8 Å². The zero-order valence-corrected chi connectivity index (χ0v) is 15.8. The summed E-state index contributed by atoms with van der Waals surface area (Å²) in [5, 5.41) is 2.50. The Morgan fingerprint density at radius 1 is 1.08 bits per heavy atom. The van der Waals surface area contributed by atoms with Gasteiger partial charge in [-0.3, -0.25) is 25.2 Å². The molecule has 0 saturated carbocycles. The van der Waals surface area contributed by atoms with Gasteiger partial charge in [-0.05, 0) is 38.5 Å². The Balaban J connectivity index is 2.57. The maximum Gasteiger partial charge on any atom is 0.269 e. The molecular formula is C18H27N3O5. The highest BCUT2D eigenvalue weighted by Crippen LogP contribution is 2.28. The van der Waals surface area contributed by atoms with Crippen LogP contribution in [0.3, 0.4) is 0 Å². The Labute approximate surface area is 153 Å². The summed E-state index contributed by atoms with van der Waals surface area (Å²) in [4.78, 5) is 35.5. The van der Waals surface area contributed by atoms with Gasteiger partial charge in [-0.25, -0.2) is 0 Å². The molecule has 0 aliphatic carbocycles. The molecule has 1 unspecified atom stereocenters. The summed E-state index contributed by atoms with van der Waals surface area (Å²) in [5.74, 6) is -0.479. The van der Waals surface area contributed by atoms with Gasteiger partial charge in [0.25, 0.3) is 11.8 Å². The first-order valence-corrected chi connectivity index (χ1v) is 8.50. The van der Waals surface area contributed by atoms with Gasteiger partial charge >= 0.3 is 0 Å². The van der Waals surface area contributed by atoms with Crippen molar-refractivity contribution in [3.05, 3.63) is 23.8 Å². The highest BCUT2D eigenvalue weighted by molar-refractivity contribution is 5.96. The Bertz CT molecular complexity index is 646. The molecule has 8 heteroatoms. The lowest BCUT2D eigenvalue weighted by Gasteiger charge is -2.14. The third-order valence-corrected chi connectivity index (χ3v) is 3.59. The standard InChI is InChI=1S/C18H27N3O5/c1-6-12(4)17(23)19-10-16(22)20-21-18(24)13-7-8-14(26-11(2)3)15(9-13)25-5/h7-9,11-12H,6,10H2,1-5H3,(H,19,23)(H,20,22)(H,21,24). The summed E-state index contributed by atoms with van der Waals surface area (Å²) in [6.07, 6.45) is 0.649. The van der Waals surface area contributed by atoms with Crippen LogP contribution >= 0.6 is 0 Å². The van der Waals surface area contributed by atoms with E-state index in [4.69, 9.17) is 9.47 Å². The summed E-state index contributed by atoms with van der Waals surface area (Å²) >= 11 is 0. The lowest BCUT2D eigenvalue weighted by molar-refractivity contribution is -0.128. The fraction of sp³-hybridized carbons (Fsp3) is 0.500. The van der Waals surface area contributed by atoms with Crippen molar-refractivity contribution >= 4 is 17.7 Å². The van der Waals surface area contributed by atoms with E-state index < -0.39 is 11.8 Å². The van der Waals surface area contributed by atoms with E-state index in [0.29, 0.717) is 23.5 Å². The zero-order valence-electron chi connectivity index (χ0n) is 15.8. The van der Waals surface area contributed by atoms with E-state index in [1.807, 2.05) is 20.8 Å². The van der Waals surface area contributed by atoms with Gasteiger partial charge in [0.2, 0.25) is 5.91 Å². The van der Waals surface area contributed by atoms with Crippen molar-refractivity contribution in [2.45, 2.75) is 40.2 Å². The summed E-state index contributed by atoms with van der Waals surface area (Å²) in [6.45, 7) is 7.21. The van der Waals surface area contributed by atoms with Crippen LogP contribution in [0.5, 0.6) is 11.5 Å². The van der Waals surface area contributed by atoms with E-state index in [0.717, 1.165) is 0 Å². The van der Waals surface area contributed by atoms with Crippen LogP contribution in [0.2, 0.25) is 0 Å². The van der Waals surface area contributed by atoms with E-state index in [1.54, 1.807) is 19.1 Å². The number of ether oxygens (including phenoxy) is 2. The number of hydrogen-bond donors (Lipinski definition) is 3. The first kappa shape index (κ1) is 21.3. The molecule has 0 saturated heterocycles. The molecule has 144 valence electrons. The van der Waals surface area contributed by atoms with Gasteiger partial charge in [-0.2, -0.15) is 0 Å². The monoisotopic (exact) mass is 365 g/mol. The normalized spacial score (nSPS) is 11.5. The number of hydrogen-bond acceptors (Lipinski definition) is 5. The molecule has 0 bridgehead atoms. The smallest absolute Gasteiger partial charge is 0.269 e. The summed E-state index contributed by atoms with van der Waals surface area (Å²) in [7, 11) is 1.48. The van der Waals surface area contributed by atoms with E-state index in [2.05, 4.69) is 16.2 Å². The molecule has 26 heavy (non-hydrogen) atoms. The number of nitrogens with one attached hydrogen (secondary N) is 3. The quantitative estimate of drug-likeness (QED) is 0.604. The minimum atomic E-state index is -0.526. The Morgan fingerprint density at radius 2 is 1.77 bits per heavy atom. The number of methoxy groups -OCH3 is 1. The van der Waals surface area contributed by atoms with Gasteiger partial charge in [0.15, 0.2) is 11.5 Å². The molecular weight excluding hydrogens is 338 g/mol. The molecule has 8 nitrogen and oxygen atoms in total. The summed E-state index contributed by atoms with van der Waals surface area (Å²) < 4.78 is 10.8. The number of carbonyl (C=O) groups is 3. The van der Waals surface area contributed by atoms with Gasteiger partial charge in [-0.1, -0.05) is 13.8 Å². The largest absolute Gasteiger partial charge is 0.493 e. The van der Waals surface area contributed by atoms with Crippen LogP contribution in [0.1, 0.15) is 44.5 Å². The van der Waals surface area contributed by atoms with Crippen molar-refractivity contribution in [1.29, 1.82) is 0 Å². The van der Waals surface area contributed by atoms with Crippen LogP contribution < -0.4 is 25.6 Å². The predicted molar refractivity (Wildman–Crippen MR) is 96.8 cm³/mol. The number of hydrazine groups is 1. The van der Waals surface area contributed by atoms with Crippen molar-refractivity contribution in [1.82, 2.24) is 16.2 Å². The highest BCUT2D eigenvalue weighted by atomic mass is 16.5. The summed E-state index contributed by atoms with van der Waals surface area (Å²) in [5.41, 5.74) is 4.84. The Hall–Kier alpha value is -2.77. The van der Waals surface area contributed by atoms with Crippen LogP contribution in [0.25, 0.3) is 0 Å². The molecule has 3 N–H and O–H groups in total. The van der Waals surface area contributed by atoms with E-state index in [9.17, 15) is 14.4 Å². The molecule has 0 radical (unpaired) electrons. The van der Waals surface area contributed by atoms with E-state index in [1.165, 1.54) is 13.2 Å². The second-order valence-electron chi connectivity index (χ2n) is 6.06. The molecule has 0 aromatic heterocycles. The maximum absolute atomic E-state index is 12.1. The van der Waals surface area contributed by atoms with Crippen LogP contribution in [-0.2, 0) is 9.59 Å². The van der Waals surface area contributed by atoms with Crippen molar-refractivity contribution < 1.29 is 23.9 Å². The first-order valence-electron chi connectivity index (χ1n) is 8.50. The number of carbonyl (C=O) groups excluding carboxylic acids is 3. The summed E-state index contributed by atoms with van der Waals surface area (Å²) in [6, 6.07) is 4.71. The molecule has 3 amide bonds. The second-order valence-corrected chi connectivity index (χ2v) is 6.06. The lowest BCUT2D eigenvalue weighted by Crippen LogP contribution is -2.47. The molecule has 0 fully saturated rings. The average Bonchev–Trinajstić information content (AvgIpc) is 2.63. The third-order valence-electron chi connectivity index (χ3n) is 3.59. The zero-order chi connectivity index (χ0) is 19.7.